The Morgan fingerprint density at radius 2 is 0.800 bits per heavy atom. The topological polar surface area (TPSA) is 172 Å². The summed E-state index contributed by atoms with van der Waals surface area (Å²) in [7, 11) is 0. The van der Waals surface area contributed by atoms with Crippen molar-refractivity contribution in [1.82, 2.24) is 0 Å². The second-order valence-corrected chi connectivity index (χ2v) is 6.04. The van der Waals surface area contributed by atoms with Crippen molar-refractivity contribution >= 4 is 0 Å². The Morgan fingerprint density at radius 1 is 0.560 bits per heavy atom. The fraction of sp³-hybridized carbons (Fsp3) is 1.00. The molecule has 0 radical (unpaired) electrons. The summed E-state index contributed by atoms with van der Waals surface area (Å²) in [5, 5.41) is 16.2. The smallest absolute Gasteiger partial charge is 0.0698 e. The summed E-state index contributed by atoms with van der Waals surface area (Å²) in [5.74, 6) is 0. The average molecular weight is 371 g/mol. The first kappa shape index (κ1) is 29.4. The Hall–Kier alpha value is -0.360. The molecular weight excluding hydrogens is 328 g/mol. The van der Waals surface area contributed by atoms with Gasteiger partial charge in [0.15, 0.2) is 0 Å². The van der Waals surface area contributed by atoms with Crippen molar-refractivity contribution in [1.29, 1.82) is 0 Å². The average Bonchev–Trinajstić information content (AvgIpc) is 2.47. The highest BCUT2D eigenvalue weighted by Crippen LogP contribution is 1.82. The maximum absolute atomic E-state index is 8.09. The number of rotatable bonds is 12. The van der Waals surface area contributed by atoms with Gasteiger partial charge in [0.1, 0.15) is 0 Å². The molecule has 0 aliphatic rings. The number of ether oxygens (including phenoxy) is 3. The molecule has 0 rings (SSSR count). The van der Waals surface area contributed by atoms with Gasteiger partial charge in [0.2, 0.25) is 0 Å². The van der Waals surface area contributed by atoms with Gasteiger partial charge in [0.25, 0.3) is 0 Å². The van der Waals surface area contributed by atoms with Crippen molar-refractivity contribution in [3.8, 4) is 0 Å². The van der Waals surface area contributed by atoms with Crippen molar-refractivity contribution in [2.45, 2.75) is 51.9 Å². The highest BCUT2D eigenvalue weighted by Gasteiger charge is 1.96. The van der Waals surface area contributed by atoms with Crippen LogP contribution in [0.5, 0.6) is 0 Å². The fourth-order valence-electron chi connectivity index (χ4n) is 1.11. The van der Waals surface area contributed by atoms with Crippen LogP contribution in [-0.2, 0) is 14.2 Å². The SMILES string of the molecule is CC(N)COCC(C)N.CC(N)COCC(C)N.OCCOCCO. The molecule has 4 unspecified atom stereocenters. The Balaban J connectivity index is -0.000000293. The minimum Gasteiger partial charge on any atom is -0.394 e. The van der Waals surface area contributed by atoms with Crippen LogP contribution in [0.3, 0.4) is 0 Å². The Bertz CT molecular complexity index is 195. The molecule has 0 saturated carbocycles. The lowest BCUT2D eigenvalue weighted by Gasteiger charge is -2.08. The summed E-state index contributed by atoms with van der Waals surface area (Å²) in [4.78, 5) is 0. The number of hydrogen-bond acceptors (Lipinski definition) is 9. The van der Waals surface area contributed by atoms with Crippen LogP contribution < -0.4 is 22.9 Å². The molecule has 0 heterocycles. The van der Waals surface area contributed by atoms with E-state index in [1.54, 1.807) is 0 Å². The predicted molar refractivity (Wildman–Crippen MR) is 101 cm³/mol. The van der Waals surface area contributed by atoms with Crippen molar-refractivity contribution in [3.05, 3.63) is 0 Å². The van der Waals surface area contributed by atoms with Crippen LogP contribution in [0, 0.1) is 0 Å². The first-order valence-electron chi connectivity index (χ1n) is 8.64. The van der Waals surface area contributed by atoms with E-state index in [-0.39, 0.29) is 37.4 Å². The van der Waals surface area contributed by atoms with Gasteiger partial charge in [-0.1, -0.05) is 0 Å². The second kappa shape index (κ2) is 23.6. The van der Waals surface area contributed by atoms with Crippen LogP contribution >= 0.6 is 0 Å². The van der Waals surface area contributed by atoms with Crippen LogP contribution in [0.25, 0.3) is 0 Å². The molecule has 0 aromatic rings. The van der Waals surface area contributed by atoms with Crippen LogP contribution in [0.4, 0.5) is 0 Å². The molecule has 0 saturated heterocycles. The number of hydrogen-bond donors (Lipinski definition) is 6. The molecular formula is C16H42N4O5. The van der Waals surface area contributed by atoms with Crippen LogP contribution in [0.15, 0.2) is 0 Å². The van der Waals surface area contributed by atoms with E-state index in [0.717, 1.165) is 0 Å². The number of aliphatic hydroxyl groups excluding tert-OH is 2. The minimum absolute atomic E-state index is 0.0278. The van der Waals surface area contributed by atoms with Crippen molar-refractivity contribution in [3.63, 3.8) is 0 Å². The van der Waals surface area contributed by atoms with E-state index in [4.69, 9.17) is 42.6 Å². The van der Waals surface area contributed by atoms with Gasteiger partial charge >= 0.3 is 0 Å². The van der Waals surface area contributed by atoms with E-state index in [9.17, 15) is 0 Å². The maximum atomic E-state index is 8.09. The van der Waals surface area contributed by atoms with Crippen molar-refractivity contribution in [2.24, 2.45) is 22.9 Å². The normalized spacial score (nSPS) is 15.1. The molecule has 0 aromatic heterocycles. The zero-order valence-corrected chi connectivity index (χ0v) is 16.4. The van der Waals surface area contributed by atoms with Crippen molar-refractivity contribution in [2.75, 3.05) is 52.9 Å². The van der Waals surface area contributed by atoms with Gasteiger partial charge in [0.05, 0.1) is 52.9 Å². The number of aliphatic hydroxyl groups is 2. The first-order chi connectivity index (χ1) is 11.7. The van der Waals surface area contributed by atoms with Gasteiger partial charge in [0, 0.05) is 24.2 Å². The third-order valence-electron chi connectivity index (χ3n) is 1.99. The Morgan fingerprint density at radius 3 is 0.960 bits per heavy atom. The van der Waals surface area contributed by atoms with Gasteiger partial charge in [-0.15, -0.1) is 0 Å². The molecule has 0 aliphatic heterocycles. The van der Waals surface area contributed by atoms with Gasteiger partial charge < -0.3 is 47.4 Å². The van der Waals surface area contributed by atoms with E-state index in [1.165, 1.54) is 0 Å². The van der Waals surface area contributed by atoms with E-state index < -0.39 is 0 Å². The molecule has 9 heteroatoms. The van der Waals surface area contributed by atoms with E-state index in [0.29, 0.717) is 39.6 Å². The van der Waals surface area contributed by atoms with Crippen LogP contribution in [0.2, 0.25) is 0 Å². The fourth-order valence-corrected chi connectivity index (χ4v) is 1.11. The summed E-state index contributed by atoms with van der Waals surface area (Å²) in [6.07, 6.45) is 0. The van der Waals surface area contributed by atoms with E-state index in [2.05, 4.69) is 4.74 Å². The molecule has 9 nitrogen and oxygen atoms in total. The lowest BCUT2D eigenvalue weighted by atomic mass is 10.4. The van der Waals surface area contributed by atoms with Gasteiger partial charge in [-0.2, -0.15) is 0 Å². The van der Waals surface area contributed by atoms with Gasteiger partial charge in [-0.3, -0.25) is 0 Å². The zero-order chi connectivity index (χ0) is 20.1. The predicted octanol–water partition coefficient (Wildman–Crippen LogP) is -1.62. The third-order valence-corrected chi connectivity index (χ3v) is 1.99. The zero-order valence-electron chi connectivity index (χ0n) is 16.4. The monoisotopic (exact) mass is 370 g/mol. The molecule has 25 heavy (non-hydrogen) atoms. The number of nitrogens with two attached hydrogens (primary N) is 4. The summed E-state index contributed by atoms with van der Waals surface area (Å²) < 4.78 is 14.8. The standard InChI is InChI=1S/2C6H16N2O.C4H10O3/c2*1-5(7)3-9-4-6(2)8;5-1-3-7-4-2-6/h2*5-6H,3-4,7-8H2,1-2H3;5-6H,1-4H2. The highest BCUT2D eigenvalue weighted by molar-refractivity contribution is 4.53. The largest absolute Gasteiger partial charge is 0.394 e. The lowest BCUT2D eigenvalue weighted by molar-refractivity contribution is 0.0650. The molecule has 4 atom stereocenters. The molecule has 0 fully saturated rings. The van der Waals surface area contributed by atoms with E-state index in [1.807, 2.05) is 27.7 Å². The third kappa shape index (κ3) is 45.3. The molecule has 0 aromatic carbocycles. The second-order valence-electron chi connectivity index (χ2n) is 6.04. The quantitative estimate of drug-likeness (QED) is 0.221. The Labute approximate surface area is 153 Å². The van der Waals surface area contributed by atoms with E-state index >= 15 is 0 Å². The Kier molecular flexibility index (Phi) is 27.8. The minimum atomic E-state index is 0.0278. The summed E-state index contributed by atoms with van der Waals surface area (Å²) in [6, 6.07) is 0.458. The van der Waals surface area contributed by atoms with Crippen LogP contribution in [-0.4, -0.2) is 87.2 Å². The summed E-state index contributed by atoms with van der Waals surface area (Å²) in [6.45, 7) is 10.7. The molecule has 0 amide bonds. The molecule has 156 valence electrons. The lowest BCUT2D eigenvalue weighted by Crippen LogP contribution is -2.27. The molecule has 0 spiro atoms. The molecule has 10 N–H and O–H groups in total. The molecule has 0 bridgehead atoms. The maximum Gasteiger partial charge on any atom is 0.0698 e. The summed E-state index contributed by atoms with van der Waals surface area (Å²) >= 11 is 0. The van der Waals surface area contributed by atoms with Crippen LogP contribution in [0.1, 0.15) is 27.7 Å². The summed E-state index contributed by atoms with van der Waals surface area (Å²) in [5.41, 5.74) is 21.7. The van der Waals surface area contributed by atoms with Gasteiger partial charge in [-0.25, -0.2) is 0 Å². The van der Waals surface area contributed by atoms with Gasteiger partial charge in [-0.05, 0) is 27.7 Å². The highest BCUT2D eigenvalue weighted by atomic mass is 16.5. The molecule has 0 aliphatic carbocycles. The first-order valence-corrected chi connectivity index (χ1v) is 8.64. The van der Waals surface area contributed by atoms with Crippen molar-refractivity contribution < 1.29 is 24.4 Å².